The summed E-state index contributed by atoms with van der Waals surface area (Å²) in [5.74, 6) is -0.0437. The summed E-state index contributed by atoms with van der Waals surface area (Å²) in [5, 5.41) is 17.4. The Morgan fingerprint density at radius 3 is 2.33 bits per heavy atom. The molecule has 0 bridgehead atoms. The van der Waals surface area contributed by atoms with Crippen LogP contribution < -0.4 is 0 Å². The van der Waals surface area contributed by atoms with Crippen molar-refractivity contribution in [1.29, 1.82) is 0 Å². The highest BCUT2D eigenvalue weighted by Crippen LogP contribution is 1.98. The average Bonchev–Trinajstić information content (AvgIpc) is 2.24. The maximum atomic E-state index is 11.5. The van der Waals surface area contributed by atoms with Crippen molar-refractivity contribution in [3.8, 4) is 0 Å². The van der Waals surface area contributed by atoms with E-state index in [9.17, 15) is 4.79 Å². The van der Waals surface area contributed by atoms with Crippen molar-refractivity contribution in [2.24, 2.45) is 0 Å². The summed E-state index contributed by atoms with van der Waals surface area (Å²) in [4.78, 5) is 13.0. The average molecular weight is 219 g/mol. The number of hydrogen-bond donors (Lipinski definition) is 2. The number of nitrogens with zero attached hydrogens (tertiary/aromatic N) is 1. The zero-order valence-electron chi connectivity index (χ0n) is 9.31. The molecule has 0 aliphatic heterocycles. The molecular formula is C10H21NO4. The molecule has 15 heavy (non-hydrogen) atoms. The summed E-state index contributed by atoms with van der Waals surface area (Å²) >= 11 is 0. The second-order valence-electron chi connectivity index (χ2n) is 3.13. The van der Waals surface area contributed by atoms with E-state index >= 15 is 0 Å². The summed E-state index contributed by atoms with van der Waals surface area (Å²) in [6, 6.07) is 0. The lowest BCUT2D eigenvalue weighted by atomic mass is 10.3. The number of carbonyl (C=O) groups excluding carboxylic acids is 1. The minimum absolute atomic E-state index is 0.0437. The van der Waals surface area contributed by atoms with E-state index in [1.807, 2.05) is 6.92 Å². The summed E-state index contributed by atoms with van der Waals surface area (Å²) < 4.78 is 5.11. The van der Waals surface area contributed by atoms with Gasteiger partial charge < -0.3 is 19.8 Å². The number of carbonyl (C=O) groups is 1. The first-order valence-corrected chi connectivity index (χ1v) is 5.33. The fourth-order valence-electron chi connectivity index (χ4n) is 1.23. The first-order valence-electron chi connectivity index (χ1n) is 5.33. The van der Waals surface area contributed by atoms with Gasteiger partial charge in [-0.25, -0.2) is 0 Å². The molecule has 0 radical (unpaired) electrons. The lowest BCUT2D eigenvalue weighted by molar-refractivity contribution is -0.132. The number of rotatable bonds is 9. The Labute approximate surface area is 90.6 Å². The molecule has 5 heteroatoms. The van der Waals surface area contributed by atoms with Gasteiger partial charge in [0.1, 0.15) is 0 Å². The van der Waals surface area contributed by atoms with Crippen LogP contribution in [0.4, 0.5) is 0 Å². The Bertz CT molecular complexity index is 158. The zero-order chi connectivity index (χ0) is 11.5. The first kappa shape index (κ1) is 14.3. The Hall–Kier alpha value is -0.650. The van der Waals surface area contributed by atoms with E-state index in [-0.39, 0.29) is 32.2 Å². The third kappa shape index (κ3) is 7.30. The molecule has 90 valence electrons. The Morgan fingerprint density at radius 2 is 1.87 bits per heavy atom. The minimum atomic E-state index is -0.0722. The molecule has 0 aliphatic rings. The van der Waals surface area contributed by atoms with Gasteiger partial charge in [0.25, 0.3) is 0 Å². The van der Waals surface area contributed by atoms with Crippen LogP contribution >= 0.6 is 0 Å². The van der Waals surface area contributed by atoms with Crippen LogP contribution in [0.1, 0.15) is 19.8 Å². The zero-order valence-corrected chi connectivity index (χ0v) is 9.31. The second-order valence-corrected chi connectivity index (χ2v) is 3.13. The van der Waals surface area contributed by atoms with Crippen LogP contribution in [0.5, 0.6) is 0 Å². The maximum Gasteiger partial charge on any atom is 0.222 e. The van der Waals surface area contributed by atoms with E-state index < -0.39 is 0 Å². The van der Waals surface area contributed by atoms with Crippen molar-refractivity contribution < 1.29 is 19.7 Å². The van der Waals surface area contributed by atoms with Gasteiger partial charge in [-0.05, 0) is 13.3 Å². The van der Waals surface area contributed by atoms with Crippen LogP contribution in [-0.4, -0.2) is 60.5 Å². The summed E-state index contributed by atoms with van der Waals surface area (Å²) in [7, 11) is 0. The van der Waals surface area contributed by atoms with Crippen LogP contribution in [0, 0.1) is 0 Å². The van der Waals surface area contributed by atoms with Crippen molar-refractivity contribution in [2.45, 2.75) is 19.8 Å². The molecule has 0 saturated carbocycles. The van der Waals surface area contributed by atoms with Crippen molar-refractivity contribution in [1.82, 2.24) is 4.90 Å². The Morgan fingerprint density at radius 1 is 1.27 bits per heavy atom. The molecule has 0 aromatic heterocycles. The van der Waals surface area contributed by atoms with Crippen molar-refractivity contribution in [2.75, 3.05) is 39.5 Å². The van der Waals surface area contributed by atoms with Gasteiger partial charge in [0, 0.05) is 32.7 Å². The Kier molecular flexibility index (Phi) is 9.46. The normalized spacial score (nSPS) is 10.3. The summed E-state index contributed by atoms with van der Waals surface area (Å²) in [6.45, 7) is 3.57. The molecule has 0 aromatic carbocycles. The molecule has 0 aromatic rings. The second kappa shape index (κ2) is 9.89. The predicted molar refractivity (Wildman–Crippen MR) is 56.5 cm³/mol. The molecule has 0 heterocycles. The number of hydrogen-bond acceptors (Lipinski definition) is 4. The molecular weight excluding hydrogens is 198 g/mol. The van der Waals surface area contributed by atoms with Crippen LogP contribution in [0.2, 0.25) is 0 Å². The van der Waals surface area contributed by atoms with Crippen molar-refractivity contribution in [3.63, 3.8) is 0 Å². The van der Waals surface area contributed by atoms with Gasteiger partial charge in [0.05, 0.1) is 13.2 Å². The van der Waals surface area contributed by atoms with Crippen LogP contribution in [0.3, 0.4) is 0 Å². The largest absolute Gasteiger partial charge is 0.395 e. The number of amides is 1. The van der Waals surface area contributed by atoms with Gasteiger partial charge in [-0.1, -0.05) is 0 Å². The van der Waals surface area contributed by atoms with Gasteiger partial charge in [0.2, 0.25) is 5.91 Å². The first-order chi connectivity index (χ1) is 7.26. The number of ether oxygens (including phenoxy) is 1. The van der Waals surface area contributed by atoms with Gasteiger partial charge >= 0.3 is 0 Å². The van der Waals surface area contributed by atoms with Crippen LogP contribution in [0.15, 0.2) is 0 Å². The molecule has 0 saturated heterocycles. The lowest BCUT2D eigenvalue weighted by Gasteiger charge is -2.20. The Balaban J connectivity index is 3.70. The fraction of sp³-hybridized carbons (Fsp3) is 0.900. The molecule has 5 nitrogen and oxygen atoms in total. The van der Waals surface area contributed by atoms with E-state index in [2.05, 4.69) is 0 Å². The van der Waals surface area contributed by atoms with Gasteiger partial charge in [-0.2, -0.15) is 0 Å². The topological polar surface area (TPSA) is 70.0 Å². The molecule has 0 spiro atoms. The number of aliphatic hydroxyl groups excluding tert-OH is 2. The number of aliphatic hydroxyl groups is 2. The molecule has 0 unspecified atom stereocenters. The van der Waals surface area contributed by atoms with Gasteiger partial charge in [-0.3, -0.25) is 4.79 Å². The molecule has 0 atom stereocenters. The lowest BCUT2D eigenvalue weighted by Crippen LogP contribution is -2.35. The predicted octanol–water partition coefficient (Wildman–Crippen LogP) is -0.384. The highest BCUT2D eigenvalue weighted by molar-refractivity contribution is 5.76. The summed E-state index contributed by atoms with van der Waals surface area (Å²) in [5.41, 5.74) is 0. The van der Waals surface area contributed by atoms with E-state index in [0.717, 1.165) is 0 Å². The van der Waals surface area contributed by atoms with Crippen molar-refractivity contribution in [3.05, 3.63) is 0 Å². The molecule has 2 N–H and O–H groups in total. The SMILES string of the molecule is CCOCCCC(=O)N(CCO)CCO. The fourth-order valence-corrected chi connectivity index (χ4v) is 1.23. The van der Waals surface area contributed by atoms with E-state index in [4.69, 9.17) is 14.9 Å². The monoisotopic (exact) mass is 219 g/mol. The van der Waals surface area contributed by atoms with E-state index in [1.54, 1.807) is 0 Å². The highest BCUT2D eigenvalue weighted by atomic mass is 16.5. The maximum absolute atomic E-state index is 11.5. The van der Waals surface area contributed by atoms with Crippen LogP contribution in [0.25, 0.3) is 0 Å². The molecule has 1 amide bonds. The van der Waals surface area contributed by atoms with Gasteiger partial charge in [-0.15, -0.1) is 0 Å². The van der Waals surface area contributed by atoms with Crippen molar-refractivity contribution >= 4 is 5.91 Å². The smallest absolute Gasteiger partial charge is 0.222 e. The highest BCUT2D eigenvalue weighted by Gasteiger charge is 2.11. The minimum Gasteiger partial charge on any atom is -0.395 e. The van der Waals surface area contributed by atoms with Gasteiger partial charge in [0.15, 0.2) is 0 Å². The third-order valence-corrected chi connectivity index (χ3v) is 1.98. The van der Waals surface area contributed by atoms with E-state index in [0.29, 0.717) is 26.1 Å². The standard InChI is InChI=1S/C10H21NO4/c1-2-15-9-3-4-10(14)11(5-7-12)6-8-13/h12-13H,2-9H2,1H3. The third-order valence-electron chi connectivity index (χ3n) is 1.98. The van der Waals surface area contributed by atoms with Crippen LogP contribution in [-0.2, 0) is 9.53 Å². The molecule has 0 fully saturated rings. The quantitative estimate of drug-likeness (QED) is 0.518. The molecule has 0 aliphatic carbocycles. The molecule has 0 rings (SSSR count). The summed E-state index contributed by atoms with van der Waals surface area (Å²) in [6.07, 6.45) is 1.08. The van der Waals surface area contributed by atoms with E-state index in [1.165, 1.54) is 4.90 Å².